The maximum absolute atomic E-state index is 15.3. The van der Waals surface area contributed by atoms with Gasteiger partial charge in [0.2, 0.25) is 0 Å². The van der Waals surface area contributed by atoms with Crippen LogP contribution in [0.25, 0.3) is 32.9 Å². The van der Waals surface area contributed by atoms with Crippen molar-refractivity contribution in [2.24, 2.45) is 19.8 Å². The summed E-state index contributed by atoms with van der Waals surface area (Å²) in [5.74, 6) is 0.342. The minimum absolute atomic E-state index is 0.107. The fraction of sp³-hybridized carbons (Fsp3) is 0.357. The zero-order chi connectivity index (χ0) is 38.2. The Morgan fingerprint density at radius 3 is 2.32 bits per heavy atom. The molecule has 9 nitrogen and oxygen atoms in total. The van der Waals surface area contributed by atoms with Crippen LogP contribution in [0.1, 0.15) is 93.8 Å². The average Bonchev–Trinajstić information content (AvgIpc) is 3.71. The Balaban J connectivity index is 1.41. The van der Waals surface area contributed by atoms with E-state index >= 15 is 4.79 Å². The van der Waals surface area contributed by atoms with Gasteiger partial charge in [0.1, 0.15) is 17.1 Å². The number of benzene rings is 3. The Morgan fingerprint density at radius 1 is 1.00 bits per heavy atom. The summed E-state index contributed by atoms with van der Waals surface area (Å²) in [5, 5.41) is 7.94. The normalized spacial score (nSPS) is 14.6. The summed E-state index contributed by atoms with van der Waals surface area (Å²) >= 11 is 13.5. The highest BCUT2D eigenvalue weighted by molar-refractivity contribution is 6.35. The summed E-state index contributed by atoms with van der Waals surface area (Å²) in [6.45, 7) is 15.3. The number of nitrogens with two attached hydrogens (primary N) is 1. The van der Waals surface area contributed by atoms with E-state index in [1.807, 2.05) is 86.3 Å². The molecule has 0 unspecified atom stereocenters. The van der Waals surface area contributed by atoms with Crippen LogP contribution in [0, 0.1) is 27.7 Å². The molecule has 0 spiro atoms. The van der Waals surface area contributed by atoms with E-state index in [0.717, 1.165) is 83.0 Å². The maximum atomic E-state index is 15.3. The topological polar surface area (TPSA) is 100 Å². The molecule has 3 aromatic heterocycles. The average molecular weight is 754 g/mol. The number of aromatic nitrogens is 4. The molecular weight excluding hydrogens is 707 g/mol. The number of hydrogen-bond acceptors (Lipinski definition) is 4. The third-order valence-electron chi connectivity index (χ3n) is 10.9. The van der Waals surface area contributed by atoms with Gasteiger partial charge in [0.15, 0.2) is 0 Å². The van der Waals surface area contributed by atoms with Gasteiger partial charge in [-0.3, -0.25) is 14.3 Å². The summed E-state index contributed by atoms with van der Waals surface area (Å²) in [7, 11) is 3.77. The fourth-order valence-corrected chi connectivity index (χ4v) is 8.57. The first kappa shape index (κ1) is 36.6. The number of ether oxygens (including phenoxy) is 1. The van der Waals surface area contributed by atoms with E-state index in [9.17, 15) is 4.79 Å². The number of amides is 2. The van der Waals surface area contributed by atoms with E-state index in [2.05, 4.69) is 37.5 Å². The summed E-state index contributed by atoms with van der Waals surface area (Å²) in [5.41, 5.74) is 17.0. The molecule has 0 aliphatic carbocycles. The van der Waals surface area contributed by atoms with E-state index in [0.29, 0.717) is 42.4 Å². The molecule has 0 saturated carbocycles. The van der Waals surface area contributed by atoms with Gasteiger partial charge < -0.3 is 24.5 Å². The first-order valence-corrected chi connectivity index (χ1v) is 18.9. The highest BCUT2D eigenvalue weighted by atomic mass is 35.5. The molecule has 2 N–H and O–H groups in total. The van der Waals surface area contributed by atoms with Crippen LogP contribution in [-0.2, 0) is 20.5 Å². The number of rotatable bonds is 9. The number of anilines is 1. The van der Waals surface area contributed by atoms with Gasteiger partial charge in [-0.15, -0.1) is 0 Å². The Bertz CT molecular complexity index is 2460. The number of nitrogens with zero attached hydrogens (tertiary/aromatic N) is 5. The third kappa shape index (κ3) is 5.98. The lowest BCUT2D eigenvalue weighted by molar-refractivity contribution is 0.0956. The second-order valence-corrected chi connectivity index (χ2v) is 15.6. The van der Waals surface area contributed by atoms with Gasteiger partial charge in [-0.05, 0) is 112 Å². The van der Waals surface area contributed by atoms with Crippen LogP contribution in [0.3, 0.4) is 0 Å². The summed E-state index contributed by atoms with van der Waals surface area (Å²) in [6, 6.07) is 13.8. The second kappa shape index (κ2) is 13.6. The van der Waals surface area contributed by atoms with Gasteiger partial charge in [0.25, 0.3) is 11.8 Å². The second-order valence-electron chi connectivity index (χ2n) is 14.9. The Hall–Kier alpha value is -4.73. The number of carbonyl (C=O) groups excluding carboxylic acids is 2. The van der Waals surface area contributed by atoms with Gasteiger partial charge in [-0.2, -0.15) is 5.10 Å². The number of fused-ring (bicyclic) bond motifs is 4. The molecular formula is C42H46Cl2N6O3. The Morgan fingerprint density at radius 2 is 1.70 bits per heavy atom. The SMILES string of the molecule is Cc1cc(OCCCc2c3n(c4c(-c5c(C)nn(C)c5C)c(Cl)ccc24)[C@H](C)CN(c2cc(C(C)C)cc4cc(C(N)=O)n(C)c24)C3=O)cc(C)c1Cl. The van der Waals surface area contributed by atoms with Crippen LogP contribution in [0.5, 0.6) is 5.75 Å². The molecule has 7 rings (SSSR count). The zero-order valence-corrected chi connectivity index (χ0v) is 33.3. The molecule has 1 aliphatic heterocycles. The van der Waals surface area contributed by atoms with E-state index in [4.69, 9.17) is 38.8 Å². The van der Waals surface area contributed by atoms with Gasteiger partial charge >= 0.3 is 0 Å². The first-order chi connectivity index (χ1) is 25.1. The lowest BCUT2D eigenvalue weighted by atomic mass is 9.98. The van der Waals surface area contributed by atoms with Crippen molar-refractivity contribution in [2.75, 3.05) is 18.1 Å². The lowest BCUT2D eigenvalue weighted by Gasteiger charge is -2.35. The molecule has 4 heterocycles. The van der Waals surface area contributed by atoms with Crippen LogP contribution < -0.4 is 15.4 Å². The van der Waals surface area contributed by atoms with Crippen molar-refractivity contribution < 1.29 is 14.3 Å². The zero-order valence-electron chi connectivity index (χ0n) is 31.8. The number of hydrogen-bond donors (Lipinski definition) is 1. The molecule has 1 aliphatic rings. The summed E-state index contributed by atoms with van der Waals surface area (Å²) in [6.07, 6.45) is 1.27. The van der Waals surface area contributed by atoms with Crippen molar-refractivity contribution in [3.63, 3.8) is 0 Å². The van der Waals surface area contributed by atoms with Gasteiger partial charge in [0, 0.05) is 59.3 Å². The Kier molecular flexibility index (Phi) is 9.40. The van der Waals surface area contributed by atoms with Crippen LogP contribution >= 0.6 is 23.2 Å². The number of aryl methyl sites for hydroxylation is 6. The van der Waals surface area contributed by atoms with Crippen molar-refractivity contribution in [2.45, 2.75) is 73.3 Å². The van der Waals surface area contributed by atoms with Crippen LogP contribution in [-0.4, -0.2) is 43.9 Å². The van der Waals surface area contributed by atoms with Crippen molar-refractivity contribution in [3.8, 4) is 16.9 Å². The fourth-order valence-electron chi connectivity index (χ4n) is 8.22. The number of halogens is 2. The summed E-state index contributed by atoms with van der Waals surface area (Å²) in [4.78, 5) is 29.7. The molecule has 6 aromatic rings. The minimum atomic E-state index is -0.516. The molecule has 53 heavy (non-hydrogen) atoms. The van der Waals surface area contributed by atoms with Crippen molar-refractivity contribution in [1.29, 1.82) is 0 Å². The van der Waals surface area contributed by atoms with E-state index < -0.39 is 5.91 Å². The van der Waals surface area contributed by atoms with Gasteiger partial charge in [0.05, 0.1) is 34.0 Å². The molecule has 0 fully saturated rings. The lowest BCUT2D eigenvalue weighted by Crippen LogP contribution is -2.43. The molecule has 0 saturated heterocycles. The highest BCUT2D eigenvalue weighted by Gasteiger charge is 2.38. The van der Waals surface area contributed by atoms with Crippen molar-refractivity contribution in [3.05, 3.63) is 97.5 Å². The van der Waals surface area contributed by atoms with E-state index in [1.54, 1.807) is 0 Å². The van der Waals surface area contributed by atoms with E-state index in [-0.39, 0.29) is 17.9 Å². The predicted molar refractivity (Wildman–Crippen MR) is 215 cm³/mol. The molecule has 0 radical (unpaired) electrons. The number of carbonyl (C=O) groups is 2. The van der Waals surface area contributed by atoms with Crippen molar-refractivity contribution in [1.82, 2.24) is 18.9 Å². The molecule has 0 bridgehead atoms. The molecule has 3 aromatic carbocycles. The number of primary amides is 1. The first-order valence-electron chi connectivity index (χ1n) is 18.1. The smallest absolute Gasteiger partial charge is 0.275 e. The highest BCUT2D eigenvalue weighted by Crippen LogP contribution is 2.46. The van der Waals surface area contributed by atoms with E-state index in [1.165, 1.54) is 0 Å². The quantitative estimate of drug-likeness (QED) is 0.149. The Labute approximate surface area is 320 Å². The minimum Gasteiger partial charge on any atom is -0.494 e. The standard InChI is InChI=1S/C42H46Cl2N6O3/c1-21(2)27-17-28-19-34(41(45)51)47(8)38(28)33(18-27)49-20-24(5)50-39-31(12-13-32(43)36(39)35-25(6)46-48(9)26(35)7)30(40(50)42(49)52)11-10-14-53-29-15-22(3)37(44)23(4)16-29/h12-13,15-19,21,24H,10-11,14,20H2,1-9H3,(H2,45,51)/t24-/m1/s1. The molecule has 276 valence electrons. The third-order valence-corrected chi connectivity index (χ3v) is 11.8. The molecule has 11 heteroatoms. The molecule has 1 atom stereocenters. The van der Waals surface area contributed by atoms with Crippen molar-refractivity contribution >= 4 is 62.5 Å². The summed E-state index contributed by atoms with van der Waals surface area (Å²) < 4.78 is 12.1. The molecule has 2 amide bonds. The predicted octanol–water partition coefficient (Wildman–Crippen LogP) is 9.53. The van der Waals surface area contributed by atoms with Crippen LogP contribution in [0.2, 0.25) is 10.0 Å². The van der Waals surface area contributed by atoms with Gasteiger partial charge in [-0.25, -0.2) is 0 Å². The van der Waals surface area contributed by atoms with Crippen LogP contribution in [0.4, 0.5) is 5.69 Å². The van der Waals surface area contributed by atoms with Crippen LogP contribution in [0.15, 0.2) is 42.5 Å². The maximum Gasteiger partial charge on any atom is 0.275 e. The monoisotopic (exact) mass is 752 g/mol. The largest absolute Gasteiger partial charge is 0.494 e. The van der Waals surface area contributed by atoms with Gasteiger partial charge in [-0.1, -0.05) is 43.1 Å².